The molecular formula is C22H25NO4. The maximum Gasteiger partial charge on any atom is 0.339 e. The van der Waals surface area contributed by atoms with Gasteiger partial charge in [0.2, 0.25) is 0 Å². The van der Waals surface area contributed by atoms with Crippen LogP contribution in [0.2, 0.25) is 0 Å². The first kappa shape index (κ1) is 19.0. The van der Waals surface area contributed by atoms with Gasteiger partial charge in [0.05, 0.1) is 12.1 Å². The Kier molecular flexibility index (Phi) is 5.49. The summed E-state index contributed by atoms with van der Waals surface area (Å²) in [5.74, 6) is 0.459. The van der Waals surface area contributed by atoms with Crippen molar-refractivity contribution in [2.45, 2.75) is 38.7 Å². The molecule has 0 aromatic heterocycles. The Labute approximate surface area is 159 Å². The van der Waals surface area contributed by atoms with Gasteiger partial charge in [-0.3, -0.25) is 4.79 Å². The lowest BCUT2D eigenvalue weighted by Crippen LogP contribution is -2.52. The first-order valence-corrected chi connectivity index (χ1v) is 9.21. The number of rotatable bonds is 6. The van der Waals surface area contributed by atoms with E-state index in [-0.39, 0.29) is 5.91 Å². The maximum absolute atomic E-state index is 12.6. The second-order valence-corrected chi connectivity index (χ2v) is 7.28. The molecule has 3 rings (SSSR count). The van der Waals surface area contributed by atoms with Crippen molar-refractivity contribution >= 4 is 11.9 Å². The molecule has 1 aliphatic heterocycles. The van der Waals surface area contributed by atoms with E-state index in [1.807, 2.05) is 36.4 Å². The summed E-state index contributed by atoms with van der Waals surface area (Å²) >= 11 is 0. The molecule has 1 amide bonds. The Bertz CT molecular complexity index is 828. The fraction of sp³-hybridized carbons (Fsp3) is 0.364. The van der Waals surface area contributed by atoms with E-state index in [9.17, 15) is 9.59 Å². The molecule has 0 radical (unpaired) electrons. The monoisotopic (exact) mass is 367 g/mol. The third-order valence-corrected chi connectivity index (χ3v) is 4.77. The van der Waals surface area contributed by atoms with Crippen LogP contribution in [-0.2, 0) is 16.0 Å². The zero-order valence-electron chi connectivity index (χ0n) is 16.0. The average molecular weight is 367 g/mol. The van der Waals surface area contributed by atoms with Crippen molar-refractivity contribution in [1.29, 1.82) is 0 Å². The zero-order valence-corrected chi connectivity index (χ0v) is 16.0. The quantitative estimate of drug-likeness (QED) is 0.627. The first-order chi connectivity index (χ1) is 12.9. The lowest BCUT2D eigenvalue weighted by molar-refractivity contribution is -0.139. The lowest BCUT2D eigenvalue weighted by atomic mass is 9.89. The molecule has 142 valence electrons. The van der Waals surface area contributed by atoms with Gasteiger partial charge in [0.1, 0.15) is 12.4 Å². The smallest absolute Gasteiger partial charge is 0.339 e. The number of fused-ring (bicyclic) bond motifs is 1. The summed E-state index contributed by atoms with van der Waals surface area (Å²) in [6.07, 6.45) is 0.359. The summed E-state index contributed by atoms with van der Waals surface area (Å²) in [5, 5.41) is 2.80. The van der Waals surface area contributed by atoms with Crippen LogP contribution in [0.4, 0.5) is 0 Å². The number of esters is 1. The number of cyclic esters (lactones) is 1. The summed E-state index contributed by atoms with van der Waals surface area (Å²) in [4.78, 5) is 24.7. The summed E-state index contributed by atoms with van der Waals surface area (Å²) in [5.41, 5.74) is 1.40. The van der Waals surface area contributed by atoms with Crippen LogP contribution in [0.3, 0.4) is 0 Å². The van der Waals surface area contributed by atoms with E-state index in [1.165, 1.54) is 5.56 Å². The van der Waals surface area contributed by atoms with Crippen LogP contribution in [0.5, 0.6) is 5.75 Å². The Morgan fingerprint density at radius 3 is 2.59 bits per heavy atom. The highest BCUT2D eigenvalue weighted by molar-refractivity contribution is 5.97. The minimum Gasteiger partial charge on any atom is -0.492 e. The Hall–Kier alpha value is -2.82. The molecule has 2 aromatic rings. The third-order valence-electron chi connectivity index (χ3n) is 4.77. The Morgan fingerprint density at radius 2 is 1.89 bits per heavy atom. The Balaban J connectivity index is 1.51. The van der Waals surface area contributed by atoms with Crippen LogP contribution in [0.1, 0.15) is 48.2 Å². The summed E-state index contributed by atoms with van der Waals surface area (Å²) in [7, 11) is 0. The predicted octanol–water partition coefficient (Wildman–Crippen LogP) is 3.48. The van der Waals surface area contributed by atoms with E-state index in [0.29, 0.717) is 31.1 Å². The minimum atomic E-state index is -1.20. The normalized spacial score (nSPS) is 18.6. The molecule has 0 bridgehead atoms. The van der Waals surface area contributed by atoms with Gasteiger partial charge >= 0.3 is 5.97 Å². The molecule has 1 N–H and O–H groups in total. The molecule has 1 aliphatic rings. The highest BCUT2D eigenvalue weighted by Gasteiger charge is 2.42. The summed E-state index contributed by atoms with van der Waals surface area (Å²) in [6.45, 7) is 6.60. The molecule has 27 heavy (non-hydrogen) atoms. The average Bonchev–Trinajstić information content (AvgIpc) is 2.65. The lowest BCUT2D eigenvalue weighted by Gasteiger charge is -2.33. The van der Waals surface area contributed by atoms with Crippen LogP contribution in [0.15, 0.2) is 48.5 Å². The maximum atomic E-state index is 12.6. The van der Waals surface area contributed by atoms with Crippen molar-refractivity contribution < 1.29 is 19.1 Å². The largest absolute Gasteiger partial charge is 0.492 e. The van der Waals surface area contributed by atoms with E-state index < -0.39 is 11.6 Å². The third kappa shape index (κ3) is 4.30. The molecule has 0 saturated carbocycles. The highest BCUT2D eigenvalue weighted by atomic mass is 16.6. The van der Waals surface area contributed by atoms with Crippen LogP contribution in [0, 0.1) is 0 Å². The molecule has 5 nitrogen and oxygen atoms in total. The molecule has 0 fully saturated rings. The first-order valence-electron chi connectivity index (χ1n) is 9.21. The fourth-order valence-electron chi connectivity index (χ4n) is 3.13. The summed E-state index contributed by atoms with van der Waals surface area (Å²) < 4.78 is 11.1. The number of amides is 1. The molecule has 2 aromatic carbocycles. The Morgan fingerprint density at radius 1 is 1.19 bits per heavy atom. The van der Waals surface area contributed by atoms with Gasteiger partial charge in [-0.1, -0.05) is 44.2 Å². The molecule has 1 unspecified atom stereocenters. The number of hydrogen-bond acceptors (Lipinski definition) is 4. The fourth-order valence-corrected chi connectivity index (χ4v) is 3.13. The van der Waals surface area contributed by atoms with Crippen LogP contribution in [-0.4, -0.2) is 30.6 Å². The molecule has 1 heterocycles. The standard InChI is InChI=1S/C22H25NO4/c1-15(2)16-8-10-18(11-9-16)26-13-12-23-21(25)22(3)14-17-6-4-5-7-19(17)20(24)27-22/h4-11,15H,12-14H2,1-3H3,(H,23,25). The molecule has 0 saturated heterocycles. The molecular weight excluding hydrogens is 342 g/mol. The van der Waals surface area contributed by atoms with Gasteiger partial charge in [-0.2, -0.15) is 0 Å². The molecule has 1 atom stereocenters. The molecule has 5 heteroatoms. The molecule has 0 spiro atoms. The van der Waals surface area contributed by atoms with E-state index in [0.717, 1.165) is 11.3 Å². The highest BCUT2D eigenvalue weighted by Crippen LogP contribution is 2.28. The van der Waals surface area contributed by atoms with Crippen molar-refractivity contribution in [3.63, 3.8) is 0 Å². The van der Waals surface area contributed by atoms with Gasteiger partial charge in [-0.25, -0.2) is 4.79 Å². The van der Waals surface area contributed by atoms with Crippen LogP contribution in [0.25, 0.3) is 0 Å². The van der Waals surface area contributed by atoms with Gasteiger partial charge in [0.15, 0.2) is 5.60 Å². The number of nitrogens with one attached hydrogen (secondary N) is 1. The van der Waals surface area contributed by atoms with E-state index in [4.69, 9.17) is 9.47 Å². The second kappa shape index (κ2) is 7.82. The van der Waals surface area contributed by atoms with Gasteiger partial charge in [-0.05, 0) is 42.2 Å². The van der Waals surface area contributed by atoms with Gasteiger partial charge in [0.25, 0.3) is 5.91 Å². The van der Waals surface area contributed by atoms with Crippen molar-refractivity contribution in [1.82, 2.24) is 5.32 Å². The predicted molar refractivity (Wildman–Crippen MR) is 103 cm³/mol. The minimum absolute atomic E-state index is 0.316. The van der Waals surface area contributed by atoms with Gasteiger partial charge < -0.3 is 14.8 Å². The van der Waals surface area contributed by atoms with Crippen molar-refractivity contribution in [3.05, 3.63) is 65.2 Å². The van der Waals surface area contributed by atoms with E-state index >= 15 is 0 Å². The van der Waals surface area contributed by atoms with Crippen molar-refractivity contribution in [2.24, 2.45) is 0 Å². The number of carbonyl (C=O) groups excluding carboxylic acids is 2. The topological polar surface area (TPSA) is 64.6 Å². The van der Waals surface area contributed by atoms with Crippen LogP contribution >= 0.6 is 0 Å². The zero-order chi connectivity index (χ0) is 19.4. The second-order valence-electron chi connectivity index (χ2n) is 7.28. The van der Waals surface area contributed by atoms with Crippen molar-refractivity contribution in [3.8, 4) is 5.75 Å². The van der Waals surface area contributed by atoms with Crippen LogP contribution < -0.4 is 10.1 Å². The number of benzene rings is 2. The number of carbonyl (C=O) groups is 2. The van der Waals surface area contributed by atoms with Gasteiger partial charge in [0, 0.05) is 6.42 Å². The van der Waals surface area contributed by atoms with E-state index in [2.05, 4.69) is 19.2 Å². The number of hydrogen-bond donors (Lipinski definition) is 1. The SMILES string of the molecule is CC(C)c1ccc(OCCNC(=O)C2(C)Cc3ccccc3C(=O)O2)cc1. The van der Waals surface area contributed by atoms with Crippen molar-refractivity contribution in [2.75, 3.05) is 13.2 Å². The van der Waals surface area contributed by atoms with Gasteiger partial charge in [-0.15, -0.1) is 0 Å². The van der Waals surface area contributed by atoms with E-state index in [1.54, 1.807) is 19.1 Å². The molecule has 0 aliphatic carbocycles. The number of ether oxygens (including phenoxy) is 2. The summed E-state index contributed by atoms with van der Waals surface area (Å²) in [6, 6.07) is 15.1.